The monoisotopic (exact) mass is 368 g/mol. The third-order valence-electron chi connectivity index (χ3n) is 4.53. The van der Waals surface area contributed by atoms with Gasteiger partial charge in [0.15, 0.2) is 0 Å². The summed E-state index contributed by atoms with van der Waals surface area (Å²) in [6, 6.07) is 14.6. The number of morpholine rings is 1. The summed E-state index contributed by atoms with van der Waals surface area (Å²) in [4.78, 5) is 6.66. The van der Waals surface area contributed by atoms with E-state index in [4.69, 9.17) is 9.26 Å². The zero-order chi connectivity index (χ0) is 18.5. The van der Waals surface area contributed by atoms with Crippen LogP contribution in [0.5, 0.6) is 0 Å². The fourth-order valence-corrected chi connectivity index (χ4v) is 3.08. The maximum absolute atomic E-state index is 13.9. The van der Waals surface area contributed by atoms with Crippen LogP contribution in [0.25, 0.3) is 11.4 Å². The second-order valence-electron chi connectivity index (χ2n) is 6.39. The summed E-state index contributed by atoms with van der Waals surface area (Å²) in [6.45, 7) is 4.65. The molecule has 2 heterocycles. The lowest BCUT2D eigenvalue weighted by Gasteiger charge is -2.27. The smallest absolute Gasteiger partial charge is 0.246 e. The van der Waals surface area contributed by atoms with Crippen LogP contribution in [0.3, 0.4) is 0 Å². The first-order valence-electron chi connectivity index (χ1n) is 8.99. The normalized spacial score (nSPS) is 15.0. The zero-order valence-corrected chi connectivity index (χ0v) is 14.9. The van der Waals surface area contributed by atoms with Crippen LogP contribution in [-0.2, 0) is 17.8 Å². The Morgan fingerprint density at radius 2 is 1.81 bits per heavy atom. The fraction of sp³-hybridized carbons (Fsp3) is 0.300. The fourth-order valence-electron chi connectivity index (χ4n) is 3.08. The van der Waals surface area contributed by atoms with Crippen molar-refractivity contribution in [1.82, 2.24) is 15.0 Å². The van der Waals surface area contributed by atoms with Gasteiger partial charge >= 0.3 is 0 Å². The molecule has 1 aliphatic rings. The molecule has 1 aromatic heterocycles. The molecule has 1 N–H and O–H groups in total. The number of nitrogens with zero attached hydrogens (tertiary/aromatic N) is 3. The number of halogens is 1. The first kappa shape index (κ1) is 17.6. The van der Waals surface area contributed by atoms with Gasteiger partial charge in [0.25, 0.3) is 0 Å². The molecule has 0 saturated carbocycles. The molecule has 3 aromatic rings. The van der Waals surface area contributed by atoms with Crippen LogP contribution < -0.4 is 5.32 Å². The molecule has 0 unspecified atom stereocenters. The molecule has 2 aromatic carbocycles. The number of aromatic nitrogens is 2. The maximum atomic E-state index is 13.9. The van der Waals surface area contributed by atoms with Gasteiger partial charge in [0.1, 0.15) is 5.82 Å². The summed E-state index contributed by atoms with van der Waals surface area (Å²) in [7, 11) is 0. The van der Waals surface area contributed by atoms with Crippen LogP contribution >= 0.6 is 0 Å². The highest BCUT2D eigenvalue weighted by atomic mass is 19.1. The second-order valence-corrected chi connectivity index (χ2v) is 6.39. The van der Waals surface area contributed by atoms with Crippen molar-refractivity contribution in [2.45, 2.75) is 13.1 Å². The third-order valence-corrected chi connectivity index (χ3v) is 4.53. The molecule has 1 aliphatic heterocycles. The molecule has 6 nitrogen and oxygen atoms in total. The van der Waals surface area contributed by atoms with Gasteiger partial charge in [0, 0.05) is 25.3 Å². The summed E-state index contributed by atoms with van der Waals surface area (Å²) in [5, 5.41) is 7.24. The Kier molecular flexibility index (Phi) is 5.41. The first-order valence-corrected chi connectivity index (χ1v) is 8.99. The molecule has 1 fully saturated rings. The minimum absolute atomic E-state index is 0.256. The molecule has 140 valence electrons. The molecule has 0 aliphatic carbocycles. The lowest BCUT2D eigenvalue weighted by Crippen LogP contribution is -2.35. The molecule has 1 saturated heterocycles. The molecule has 0 spiro atoms. The van der Waals surface area contributed by atoms with Crippen molar-refractivity contribution < 1.29 is 13.7 Å². The van der Waals surface area contributed by atoms with E-state index in [0.717, 1.165) is 38.5 Å². The minimum Gasteiger partial charge on any atom is -0.379 e. The summed E-state index contributed by atoms with van der Waals surface area (Å²) in [6.07, 6.45) is 0. The van der Waals surface area contributed by atoms with Crippen LogP contribution in [0.4, 0.5) is 10.1 Å². The van der Waals surface area contributed by atoms with Crippen LogP contribution in [0.1, 0.15) is 11.5 Å². The summed E-state index contributed by atoms with van der Waals surface area (Å²) < 4.78 is 24.5. The Bertz CT molecular complexity index is 893. The number of hydrogen-bond donors (Lipinski definition) is 1. The van der Waals surface area contributed by atoms with E-state index in [1.807, 2.05) is 18.2 Å². The molecule has 0 atom stereocenters. The average molecular weight is 368 g/mol. The van der Waals surface area contributed by atoms with Gasteiger partial charge in [-0.3, -0.25) is 4.90 Å². The van der Waals surface area contributed by atoms with Crippen molar-refractivity contribution in [2.24, 2.45) is 0 Å². The van der Waals surface area contributed by atoms with E-state index in [2.05, 4.69) is 26.4 Å². The van der Waals surface area contributed by atoms with Crippen LogP contribution in [0.15, 0.2) is 53.1 Å². The Labute approximate surface area is 157 Å². The summed E-state index contributed by atoms with van der Waals surface area (Å²) in [5.41, 5.74) is 2.56. The predicted molar refractivity (Wildman–Crippen MR) is 99.6 cm³/mol. The highest BCUT2D eigenvalue weighted by molar-refractivity contribution is 5.55. The van der Waals surface area contributed by atoms with Crippen molar-refractivity contribution in [3.05, 3.63) is 65.8 Å². The topological polar surface area (TPSA) is 63.4 Å². The van der Waals surface area contributed by atoms with E-state index in [1.165, 1.54) is 11.6 Å². The van der Waals surface area contributed by atoms with Crippen LogP contribution in [0, 0.1) is 5.82 Å². The molecule has 0 radical (unpaired) electrons. The number of anilines is 1. The third kappa shape index (κ3) is 4.32. The molecule has 7 heteroatoms. The average Bonchev–Trinajstić information content (AvgIpc) is 3.17. The zero-order valence-electron chi connectivity index (χ0n) is 14.9. The summed E-state index contributed by atoms with van der Waals surface area (Å²) in [5.74, 6) is 0.301. The van der Waals surface area contributed by atoms with E-state index in [1.54, 1.807) is 18.2 Å². The highest BCUT2D eigenvalue weighted by Crippen LogP contribution is 2.21. The Hall–Kier alpha value is -2.77. The lowest BCUT2D eigenvalue weighted by atomic mass is 10.1. The second kappa shape index (κ2) is 8.28. The Morgan fingerprint density at radius 3 is 2.67 bits per heavy atom. The highest BCUT2D eigenvalue weighted by Gasteiger charge is 2.14. The molecular weight excluding hydrogens is 347 g/mol. The van der Waals surface area contributed by atoms with Crippen molar-refractivity contribution >= 4 is 5.69 Å². The number of nitrogens with one attached hydrogen (secondary N) is 1. The maximum Gasteiger partial charge on any atom is 0.246 e. The van der Waals surface area contributed by atoms with Crippen molar-refractivity contribution in [3.8, 4) is 11.4 Å². The standard InChI is InChI=1S/C20H21FN4O2/c21-17-7-3-2-6-16(17)20-23-19(27-24-20)13-22-18-8-4-1-5-15(18)14-25-9-11-26-12-10-25/h1-8,22H,9-14H2. The first-order chi connectivity index (χ1) is 13.3. The van der Waals surface area contributed by atoms with E-state index < -0.39 is 0 Å². The minimum atomic E-state index is -0.367. The van der Waals surface area contributed by atoms with Gasteiger partial charge < -0.3 is 14.6 Å². The van der Waals surface area contributed by atoms with E-state index >= 15 is 0 Å². The van der Waals surface area contributed by atoms with Crippen LogP contribution in [-0.4, -0.2) is 41.3 Å². The van der Waals surface area contributed by atoms with Gasteiger partial charge in [0.2, 0.25) is 11.7 Å². The molecule has 0 amide bonds. The molecular formula is C20H21FN4O2. The van der Waals surface area contributed by atoms with E-state index in [0.29, 0.717) is 18.0 Å². The molecule has 4 rings (SSSR count). The Morgan fingerprint density at radius 1 is 1.04 bits per heavy atom. The summed E-state index contributed by atoms with van der Waals surface area (Å²) >= 11 is 0. The van der Waals surface area contributed by atoms with Gasteiger partial charge in [-0.05, 0) is 23.8 Å². The number of rotatable bonds is 6. The largest absolute Gasteiger partial charge is 0.379 e. The van der Waals surface area contributed by atoms with Crippen molar-refractivity contribution in [3.63, 3.8) is 0 Å². The van der Waals surface area contributed by atoms with E-state index in [-0.39, 0.29) is 11.6 Å². The Balaban J connectivity index is 1.43. The number of para-hydroxylation sites is 1. The van der Waals surface area contributed by atoms with Gasteiger partial charge in [-0.15, -0.1) is 0 Å². The quantitative estimate of drug-likeness (QED) is 0.720. The van der Waals surface area contributed by atoms with Crippen molar-refractivity contribution in [2.75, 3.05) is 31.6 Å². The number of ether oxygens (including phenoxy) is 1. The van der Waals surface area contributed by atoms with E-state index in [9.17, 15) is 4.39 Å². The van der Waals surface area contributed by atoms with Gasteiger partial charge in [-0.25, -0.2) is 4.39 Å². The van der Waals surface area contributed by atoms with Gasteiger partial charge in [-0.1, -0.05) is 35.5 Å². The SMILES string of the molecule is Fc1ccccc1-c1noc(CNc2ccccc2CN2CCOCC2)n1. The predicted octanol–water partition coefficient (Wildman–Crippen LogP) is 3.32. The lowest BCUT2D eigenvalue weighted by molar-refractivity contribution is 0.0342. The molecule has 0 bridgehead atoms. The van der Waals surface area contributed by atoms with Crippen molar-refractivity contribution in [1.29, 1.82) is 0 Å². The van der Waals surface area contributed by atoms with Gasteiger partial charge in [-0.2, -0.15) is 4.98 Å². The van der Waals surface area contributed by atoms with Gasteiger partial charge in [0.05, 0.1) is 25.3 Å². The molecule has 27 heavy (non-hydrogen) atoms. The van der Waals surface area contributed by atoms with Crippen LogP contribution in [0.2, 0.25) is 0 Å². The number of benzene rings is 2. The number of hydrogen-bond acceptors (Lipinski definition) is 6.